The van der Waals surface area contributed by atoms with E-state index in [0.29, 0.717) is 29.8 Å². The van der Waals surface area contributed by atoms with Crippen molar-refractivity contribution in [3.05, 3.63) is 0 Å². The molecule has 4 aliphatic carbocycles. The third kappa shape index (κ3) is 1.71. The Kier molecular flexibility index (Phi) is 2.94. The number of Topliss-reactive ketones (excluding diaryl/α,β-unsaturated/α-hetero) is 2. The maximum Gasteiger partial charge on any atom is 0.139 e. The maximum absolute atomic E-state index is 13.0. The van der Waals surface area contributed by atoms with Crippen LogP contribution >= 0.6 is 0 Å². The molecule has 0 saturated heterocycles. The molecule has 2 nitrogen and oxygen atoms in total. The number of hydrogen-bond acceptors (Lipinski definition) is 2. The van der Waals surface area contributed by atoms with Crippen molar-refractivity contribution >= 4 is 11.6 Å². The second-order valence-electron chi connectivity index (χ2n) is 8.80. The normalized spacial score (nSPS) is 53.0. The smallest absolute Gasteiger partial charge is 0.139 e. The van der Waals surface area contributed by atoms with Crippen LogP contribution in [0.15, 0.2) is 0 Å². The summed E-state index contributed by atoms with van der Waals surface area (Å²) in [4.78, 5) is 25.4. The lowest BCUT2D eigenvalue weighted by Crippen LogP contribution is -2.56. The Hall–Kier alpha value is -0.660. The highest BCUT2D eigenvalue weighted by Crippen LogP contribution is 2.64. The zero-order valence-corrected chi connectivity index (χ0v) is 13.5. The van der Waals surface area contributed by atoms with E-state index in [2.05, 4.69) is 13.8 Å². The van der Waals surface area contributed by atoms with E-state index in [4.69, 9.17) is 0 Å². The van der Waals surface area contributed by atoms with Crippen molar-refractivity contribution in [2.24, 2.45) is 34.5 Å². The molecule has 0 spiro atoms. The van der Waals surface area contributed by atoms with Gasteiger partial charge in [0.25, 0.3) is 0 Å². The highest BCUT2D eigenvalue weighted by atomic mass is 16.1. The van der Waals surface area contributed by atoms with Gasteiger partial charge in [-0.1, -0.05) is 26.7 Å². The Balaban J connectivity index is 1.73. The summed E-state index contributed by atoms with van der Waals surface area (Å²) >= 11 is 0. The van der Waals surface area contributed by atoms with Crippen LogP contribution in [0, 0.1) is 34.5 Å². The van der Waals surface area contributed by atoms with Crippen molar-refractivity contribution in [3.8, 4) is 0 Å². The first-order valence-electron chi connectivity index (χ1n) is 9.03. The number of carbonyl (C=O) groups is 2. The molecule has 116 valence electrons. The van der Waals surface area contributed by atoms with Gasteiger partial charge in [0.1, 0.15) is 11.6 Å². The number of ketones is 2. The van der Waals surface area contributed by atoms with Gasteiger partial charge in [0.05, 0.1) is 0 Å². The minimum Gasteiger partial charge on any atom is -0.299 e. The van der Waals surface area contributed by atoms with Crippen LogP contribution < -0.4 is 0 Å². The Labute approximate surface area is 128 Å². The predicted molar refractivity (Wildman–Crippen MR) is 81.7 cm³/mol. The molecule has 4 aliphatic rings. The van der Waals surface area contributed by atoms with Crippen LogP contribution in [0.4, 0.5) is 0 Å². The maximum atomic E-state index is 13.0. The Morgan fingerprint density at radius 1 is 1.00 bits per heavy atom. The average Bonchev–Trinajstić information content (AvgIpc) is 2.73. The third-order valence-electron chi connectivity index (χ3n) is 7.98. The number of rotatable bonds is 0. The summed E-state index contributed by atoms with van der Waals surface area (Å²) in [5.74, 6) is 2.83. The molecule has 0 aliphatic heterocycles. The van der Waals surface area contributed by atoms with Gasteiger partial charge < -0.3 is 0 Å². The van der Waals surface area contributed by atoms with Crippen LogP contribution in [0.3, 0.4) is 0 Å². The van der Waals surface area contributed by atoms with Gasteiger partial charge in [-0.25, -0.2) is 0 Å². The summed E-state index contributed by atoms with van der Waals surface area (Å²) in [5, 5.41) is 0. The van der Waals surface area contributed by atoms with Crippen LogP contribution in [0.1, 0.15) is 71.6 Å². The summed E-state index contributed by atoms with van der Waals surface area (Å²) in [6.45, 7) is 4.50. The second kappa shape index (κ2) is 4.43. The minimum atomic E-state index is -0.309. The molecule has 0 radical (unpaired) electrons. The largest absolute Gasteiger partial charge is 0.299 e. The van der Waals surface area contributed by atoms with Crippen molar-refractivity contribution in [2.75, 3.05) is 0 Å². The highest BCUT2D eigenvalue weighted by Gasteiger charge is 2.62. The van der Waals surface area contributed by atoms with E-state index in [0.717, 1.165) is 18.8 Å². The molecule has 4 saturated carbocycles. The molecule has 2 heteroatoms. The Morgan fingerprint density at radius 3 is 2.62 bits per heavy atom. The number of carbonyl (C=O) groups excluding carboxylic acids is 2. The quantitative estimate of drug-likeness (QED) is 0.670. The Bertz CT molecular complexity index is 496. The van der Waals surface area contributed by atoms with Gasteiger partial charge in [-0.05, 0) is 55.3 Å². The number of fused-ring (bicyclic) bond motifs is 5. The molecule has 0 amide bonds. The van der Waals surface area contributed by atoms with E-state index in [1.165, 1.54) is 38.5 Å². The Morgan fingerprint density at radius 2 is 1.81 bits per heavy atom. The topological polar surface area (TPSA) is 34.1 Å². The second-order valence-corrected chi connectivity index (χ2v) is 8.80. The number of hydrogen-bond donors (Lipinski definition) is 0. The first kappa shape index (κ1) is 14.0. The molecule has 4 fully saturated rings. The van der Waals surface area contributed by atoms with E-state index in [1.807, 2.05) is 0 Å². The molecule has 6 atom stereocenters. The van der Waals surface area contributed by atoms with Crippen molar-refractivity contribution in [2.45, 2.75) is 71.6 Å². The van der Waals surface area contributed by atoms with Gasteiger partial charge >= 0.3 is 0 Å². The van der Waals surface area contributed by atoms with Gasteiger partial charge in [-0.2, -0.15) is 0 Å². The fraction of sp³-hybridized carbons (Fsp3) is 0.895. The zero-order chi connectivity index (χ0) is 14.8. The van der Waals surface area contributed by atoms with Crippen LogP contribution in [0.25, 0.3) is 0 Å². The molecule has 0 aromatic heterocycles. The third-order valence-corrected chi connectivity index (χ3v) is 7.98. The standard InChI is InChI=1S/C19H28O2/c1-18-10-4-3-5-12(18)6-7-13-14-8-9-16(21)19(14,2)11-15(20)17(13)18/h12-14,17H,3-11H2,1-2H3. The van der Waals surface area contributed by atoms with E-state index in [9.17, 15) is 9.59 Å². The van der Waals surface area contributed by atoms with Gasteiger partial charge in [-0.3, -0.25) is 9.59 Å². The van der Waals surface area contributed by atoms with Gasteiger partial charge in [0.2, 0.25) is 0 Å². The first-order chi connectivity index (χ1) is 9.97. The summed E-state index contributed by atoms with van der Waals surface area (Å²) in [7, 11) is 0. The lowest BCUT2D eigenvalue weighted by molar-refractivity contribution is -0.159. The van der Waals surface area contributed by atoms with E-state index < -0.39 is 0 Å². The SMILES string of the molecule is CC12CC(=O)C3C(CCC4CCCCC43C)C1CCC2=O. The molecular weight excluding hydrogens is 260 g/mol. The summed E-state index contributed by atoms with van der Waals surface area (Å²) < 4.78 is 0. The summed E-state index contributed by atoms with van der Waals surface area (Å²) in [6, 6.07) is 0. The van der Waals surface area contributed by atoms with Crippen molar-refractivity contribution in [3.63, 3.8) is 0 Å². The predicted octanol–water partition coefficient (Wildman–Crippen LogP) is 4.17. The lowest BCUT2D eigenvalue weighted by atomic mass is 9.45. The minimum absolute atomic E-state index is 0.241. The summed E-state index contributed by atoms with van der Waals surface area (Å²) in [6.07, 6.45) is 10.0. The van der Waals surface area contributed by atoms with Crippen LogP contribution in [-0.4, -0.2) is 11.6 Å². The molecule has 21 heavy (non-hydrogen) atoms. The molecule has 0 aromatic carbocycles. The molecule has 0 bridgehead atoms. The fourth-order valence-electron chi connectivity index (χ4n) is 6.89. The molecule has 4 rings (SSSR count). The monoisotopic (exact) mass is 288 g/mol. The van der Waals surface area contributed by atoms with Gasteiger partial charge in [0, 0.05) is 24.2 Å². The zero-order valence-electron chi connectivity index (χ0n) is 13.5. The van der Waals surface area contributed by atoms with E-state index >= 15 is 0 Å². The molecule has 0 N–H and O–H groups in total. The first-order valence-corrected chi connectivity index (χ1v) is 9.03. The van der Waals surface area contributed by atoms with Crippen LogP contribution in [0.5, 0.6) is 0 Å². The molecule has 0 aromatic rings. The van der Waals surface area contributed by atoms with Gasteiger partial charge in [0.15, 0.2) is 0 Å². The lowest BCUT2D eigenvalue weighted by Gasteiger charge is -2.58. The molecular formula is C19H28O2. The van der Waals surface area contributed by atoms with Crippen molar-refractivity contribution in [1.82, 2.24) is 0 Å². The average molecular weight is 288 g/mol. The van der Waals surface area contributed by atoms with E-state index in [-0.39, 0.29) is 16.7 Å². The van der Waals surface area contributed by atoms with Gasteiger partial charge in [-0.15, -0.1) is 0 Å². The van der Waals surface area contributed by atoms with Crippen LogP contribution in [0.2, 0.25) is 0 Å². The summed E-state index contributed by atoms with van der Waals surface area (Å²) in [5.41, 5.74) is -0.0681. The van der Waals surface area contributed by atoms with E-state index in [1.54, 1.807) is 0 Å². The fourth-order valence-corrected chi connectivity index (χ4v) is 6.89. The molecule has 6 unspecified atom stereocenters. The highest BCUT2D eigenvalue weighted by molar-refractivity contribution is 5.95. The van der Waals surface area contributed by atoms with Crippen molar-refractivity contribution < 1.29 is 9.59 Å². The van der Waals surface area contributed by atoms with Crippen LogP contribution in [-0.2, 0) is 9.59 Å². The van der Waals surface area contributed by atoms with Crippen molar-refractivity contribution in [1.29, 1.82) is 0 Å². The molecule has 0 heterocycles.